The van der Waals surface area contributed by atoms with Crippen molar-refractivity contribution in [3.8, 4) is 0 Å². The number of hydrogen-bond donors (Lipinski definition) is 2. The zero-order chi connectivity index (χ0) is 29.9. The molecule has 2 aliphatic rings. The number of amides is 3. The van der Waals surface area contributed by atoms with Crippen molar-refractivity contribution >= 4 is 23.4 Å². The van der Waals surface area contributed by atoms with Gasteiger partial charge in [-0.25, -0.2) is 4.98 Å². The van der Waals surface area contributed by atoms with Crippen molar-refractivity contribution in [3.63, 3.8) is 0 Å². The molecule has 5 rings (SSSR count). The summed E-state index contributed by atoms with van der Waals surface area (Å²) in [5, 5.41) is 3.19. The molecular weight excluding hydrogens is 530 g/mol. The molecule has 222 valence electrons. The molecule has 4 heterocycles. The molecular formula is C32H41N7O3. The molecule has 0 radical (unpaired) electrons. The summed E-state index contributed by atoms with van der Waals surface area (Å²) < 4.78 is 0. The van der Waals surface area contributed by atoms with Gasteiger partial charge in [-0.2, -0.15) is 0 Å². The van der Waals surface area contributed by atoms with E-state index in [-0.39, 0.29) is 34.9 Å². The number of nitrogens with zero attached hydrogens (tertiary/aromatic N) is 5. The van der Waals surface area contributed by atoms with E-state index in [1.165, 1.54) is 17.4 Å². The molecule has 0 aliphatic carbocycles. The molecule has 0 bridgehead atoms. The molecule has 0 saturated carbocycles. The highest BCUT2D eigenvalue weighted by molar-refractivity contribution is 6.09. The van der Waals surface area contributed by atoms with Gasteiger partial charge in [0.1, 0.15) is 11.7 Å². The minimum Gasteiger partial charge on any atom is -0.350 e. The Balaban J connectivity index is 1.45. The van der Waals surface area contributed by atoms with Crippen molar-refractivity contribution in [2.45, 2.75) is 57.5 Å². The van der Waals surface area contributed by atoms with Gasteiger partial charge in [-0.3, -0.25) is 24.3 Å². The lowest BCUT2D eigenvalue weighted by Gasteiger charge is -2.37. The summed E-state index contributed by atoms with van der Waals surface area (Å²) in [7, 11) is 2.04. The maximum atomic E-state index is 14.2. The second-order valence-corrected chi connectivity index (χ2v) is 12.5. The fourth-order valence-electron chi connectivity index (χ4n) is 5.93. The van der Waals surface area contributed by atoms with Crippen LogP contribution >= 0.6 is 0 Å². The number of hydrogen-bond acceptors (Lipinski definition) is 6. The van der Waals surface area contributed by atoms with Crippen molar-refractivity contribution in [2.24, 2.45) is 5.92 Å². The highest BCUT2D eigenvalue weighted by atomic mass is 16.2. The third kappa shape index (κ3) is 6.54. The lowest BCUT2D eigenvalue weighted by molar-refractivity contribution is -0.137. The van der Waals surface area contributed by atoms with Gasteiger partial charge in [-0.15, -0.1) is 0 Å². The summed E-state index contributed by atoms with van der Waals surface area (Å²) in [5.74, 6) is -0.566. The van der Waals surface area contributed by atoms with Gasteiger partial charge in [0.25, 0.3) is 5.91 Å². The number of anilines is 1. The van der Waals surface area contributed by atoms with Gasteiger partial charge in [0.2, 0.25) is 11.8 Å². The predicted molar refractivity (Wildman–Crippen MR) is 161 cm³/mol. The van der Waals surface area contributed by atoms with E-state index in [0.29, 0.717) is 24.3 Å². The molecule has 0 spiro atoms. The number of imidazole rings is 1. The molecule has 2 N–H and O–H groups in total. The van der Waals surface area contributed by atoms with Crippen molar-refractivity contribution in [1.82, 2.24) is 30.1 Å². The Morgan fingerprint density at radius 2 is 1.86 bits per heavy atom. The molecule has 2 fully saturated rings. The Hall–Kier alpha value is -4.05. The second-order valence-electron chi connectivity index (χ2n) is 12.5. The van der Waals surface area contributed by atoms with Gasteiger partial charge < -0.3 is 20.1 Å². The summed E-state index contributed by atoms with van der Waals surface area (Å²) in [4.78, 5) is 58.4. The number of rotatable bonds is 7. The molecule has 10 heteroatoms. The van der Waals surface area contributed by atoms with Crippen LogP contribution in [-0.4, -0.2) is 81.7 Å². The van der Waals surface area contributed by atoms with Gasteiger partial charge in [-0.1, -0.05) is 39.0 Å². The third-order valence-electron chi connectivity index (χ3n) is 8.27. The lowest BCUT2D eigenvalue weighted by Crippen LogP contribution is -2.54. The van der Waals surface area contributed by atoms with Crippen molar-refractivity contribution < 1.29 is 14.4 Å². The molecule has 2 aromatic heterocycles. The second kappa shape index (κ2) is 12.4. The fraction of sp³-hybridized carbons (Fsp3) is 0.469. The average molecular weight is 572 g/mol. The Bertz CT molecular complexity index is 1370. The maximum Gasteiger partial charge on any atom is 0.279 e. The molecule has 3 amide bonds. The third-order valence-corrected chi connectivity index (χ3v) is 8.27. The number of aromatic nitrogens is 3. The number of H-pyrrole nitrogens is 1. The Kier molecular flexibility index (Phi) is 8.72. The van der Waals surface area contributed by atoms with Gasteiger partial charge in [0.05, 0.1) is 12.2 Å². The topological polar surface area (TPSA) is 115 Å². The van der Waals surface area contributed by atoms with E-state index in [0.717, 1.165) is 37.9 Å². The van der Waals surface area contributed by atoms with Crippen LogP contribution in [-0.2, 0) is 15.0 Å². The van der Waals surface area contributed by atoms with Crippen molar-refractivity contribution in [1.29, 1.82) is 0 Å². The van der Waals surface area contributed by atoms with Crippen LogP contribution in [0.2, 0.25) is 0 Å². The highest BCUT2D eigenvalue weighted by Crippen LogP contribution is 2.32. The molecule has 42 heavy (non-hydrogen) atoms. The normalized spacial score (nSPS) is 20.2. The summed E-state index contributed by atoms with van der Waals surface area (Å²) >= 11 is 0. The van der Waals surface area contributed by atoms with E-state index < -0.39 is 11.9 Å². The zero-order valence-electron chi connectivity index (χ0n) is 24.9. The van der Waals surface area contributed by atoms with Crippen LogP contribution in [0.5, 0.6) is 0 Å². The van der Waals surface area contributed by atoms with E-state index in [1.807, 2.05) is 36.2 Å². The van der Waals surface area contributed by atoms with E-state index in [4.69, 9.17) is 0 Å². The van der Waals surface area contributed by atoms with Crippen LogP contribution in [0.4, 0.5) is 5.69 Å². The van der Waals surface area contributed by atoms with Gasteiger partial charge in [-0.05, 0) is 62.0 Å². The van der Waals surface area contributed by atoms with Crippen LogP contribution in [0.15, 0.2) is 61.3 Å². The first-order valence-corrected chi connectivity index (χ1v) is 14.7. The number of pyridine rings is 1. The number of nitrogens with one attached hydrogen (secondary N) is 2. The smallest absolute Gasteiger partial charge is 0.279 e. The minimum absolute atomic E-state index is 0.00521. The van der Waals surface area contributed by atoms with Gasteiger partial charge in [0.15, 0.2) is 0 Å². The Morgan fingerprint density at radius 3 is 2.48 bits per heavy atom. The van der Waals surface area contributed by atoms with E-state index >= 15 is 0 Å². The van der Waals surface area contributed by atoms with Crippen LogP contribution < -0.4 is 10.2 Å². The van der Waals surface area contributed by atoms with Crippen LogP contribution in [0.1, 0.15) is 67.7 Å². The van der Waals surface area contributed by atoms with Crippen molar-refractivity contribution in [2.75, 3.05) is 38.1 Å². The summed E-state index contributed by atoms with van der Waals surface area (Å²) in [5.41, 5.74) is 2.39. The molecule has 1 aromatic carbocycles. The zero-order valence-corrected chi connectivity index (χ0v) is 24.9. The van der Waals surface area contributed by atoms with Crippen LogP contribution in [0.25, 0.3) is 0 Å². The Labute approximate surface area is 247 Å². The monoisotopic (exact) mass is 571 g/mol. The molecule has 2 aliphatic heterocycles. The molecule has 10 nitrogen and oxygen atoms in total. The number of benzene rings is 1. The van der Waals surface area contributed by atoms with E-state index in [2.05, 4.69) is 45.9 Å². The lowest BCUT2D eigenvalue weighted by atomic mass is 9.87. The number of carbonyl (C=O) groups is 3. The average Bonchev–Trinajstić information content (AvgIpc) is 3.68. The standard InChI is InChI=1S/C32H41N7O3/c1-32(2,3)24-9-11-26(12-10-24)39(31(42)27-18-34-21-35-27)28(22-7-5-14-33-17-22)29(40)36-25-8-6-15-38(20-25)30(41)23-13-16-37(4)19-23/h5,7,9-12,14,17-18,21,23,25,28H,6,8,13,15-16,19-20H2,1-4H3,(H,34,35)(H,36,40). The summed E-state index contributed by atoms with van der Waals surface area (Å²) in [6, 6.07) is 10.1. The highest BCUT2D eigenvalue weighted by Gasteiger charge is 2.37. The first-order chi connectivity index (χ1) is 20.1. The number of likely N-dealkylation sites (tertiary alicyclic amines) is 2. The number of carbonyl (C=O) groups excluding carboxylic acids is 3. The number of piperidine rings is 1. The molecule has 3 aromatic rings. The summed E-state index contributed by atoms with van der Waals surface area (Å²) in [6.07, 6.45) is 8.66. The van der Waals surface area contributed by atoms with Crippen molar-refractivity contribution in [3.05, 3.63) is 78.1 Å². The van der Waals surface area contributed by atoms with Gasteiger partial charge >= 0.3 is 0 Å². The Morgan fingerprint density at radius 1 is 1.07 bits per heavy atom. The molecule has 3 atom stereocenters. The van der Waals surface area contributed by atoms with E-state index in [1.54, 1.807) is 24.5 Å². The number of aromatic amines is 1. The predicted octanol–water partition coefficient (Wildman–Crippen LogP) is 3.55. The first kappa shape index (κ1) is 29.4. The van der Waals surface area contributed by atoms with Crippen LogP contribution in [0, 0.1) is 5.92 Å². The maximum absolute atomic E-state index is 14.2. The van der Waals surface area contributed by atoms with Crippen LogP contribution in [0.3, 0.4) is 0 Å². The molecule has 2 saturated heterocycles. The largest absolute Gasteiger partial charge is 0.350 e. The summed E-state index contributed by atoms with van der Waals surface area (Å²) in [6.45, 7) is 9.23. The quantitative estimate of drug-likeness (QED) is 0.448. The first-order valence-electron chi connectivity index (χ1n) is 14.7. The SMILES string of the molecule is CN1CCC(C(=O)N2CCCC(NC(=O)C(c3cccnc3)N(C(=O)c3c[nH]cn3)c3ccc(C(C)(C)C)cc3)C2)C1. The van der Waals surface area contributed by atoms with E-state index in [9.17, 15) is 14.4 Å². The molecule has 3 unspecified atom stereocenters. The van der Waals surface area contributed by atoms with Gasteiger partial charge in [0, 0.05) is 55.5 Å². The fourth-order valence-corrected chi connectivity index (χ4v) is 5.93. The minimum atomic E-state index is -1.00.